The van der Waals surface area contributed by atoms with Crippen LogP contribution in [0.4, 0.5) is 4.39 Å². The van der Waals surface area contributed by atoms with E-state index >= 15 is 0 Å². The summed E-state index contributed by atoms with van der Waals surface area (Å²) in [6.45, 7) is 6.62. The number of nitrogens with zero attached hydrogens (tertiary/aromatic N) is 3. The van der Waals surface area contributed by atoms with Crippen molar-refractivity contribution in [2.45, 2.75) is 26.2 Å². The van der Waals surface area contributed by atoms with Crippen LogP contribution in [0.15, 0.2) is 170 Å². The largest absolute Gasteiger partial charge is 0.507 e. The summed E-state index contributed by atoms with van der Waals surface area (Å²) in [6.07, 6.45) is 1.88. The maximum absolute atomic E-state index is 14.8. The molecular formula is C50H38FN3O. The Balaban J connectivity index is 1.27. The second-order valence-corrected chi connectivity index (χ2v) is 15.0. The molecule has 3 heterocycles. The summed E-state index contributed by atoms with van der Waals surface area (Å²) in [4.78, 5) is 9.92. The molecule has 3 aromatic heterocycles. The van der Waals surface area contributed by atoms with E-state index in [0.29, 0.717) is 11.3 Å². The summed E-state index contributed by atoms with van der Waals surface area (Å²) in [6, 6.07) is 53.9. The SMILES string of the molecule is CC(C)(C)c1ccnc(-c2cccc(-c3cc(-c4ccccc4-c4cccc5c6ccccc6n(-c6cccc(F)c6)c45)cc(-c4ccccc4O)n3)c2)c1. The van der Waals surface area contributed by atoms with Gasteiger partial charge in [0.15, 0.2) is 0 Å². The van der Waals surface area contributed by atoms with Crippen LogP contribution in [0, 0.1) is 5.82 Å². The van der Waals surface area contributed by atoms with Gasteiger partial charge in [0.05, 0.1) is 28.1 Å². The Bertz CT molecular complexity index is 2900. The fourth-order valence-electron chi connectivity index (χ4n) is 7.64. The van der Waals surface area contributed by atoms with Gasteiger partial charge in [-0.15, -0.1) is 0 Å². The molecule has 9 aromatic rings. The molecule has 0 spiro atoms. The molecule has 0 saturated heterocycles. The van der Waals surface area contributed by atoms with Gasteiger partial charge in [-0.3, -0.25) is 4.98 Å². The molecule has 9 rings (SSSR count). The van der Waals surface area contributed by atoms with E-state index in [1.165, 1.54) is 11.6 Å². The number of para-hydroxylation sites is 3. The van der Waals surface area contributed by atoms with Gasteiger partial charge in [0.25, 0.3) is 0 Å². The number of phenols is 1. The van der Waals surface area contributed by atoms with Gasteiger partial charge in [-0.1, -0.05) is 118 Å². The van der Waals surface area contributed by atoms with E-state index in [1.807, 2.05) is 48.7 Å². The minimum atomic E-state index is -0.288. The third-order valence-electron chi connectivity index (χ3n) is 10.4. The van der Waals surface area contributed by atoms with Gasteiger partial charge in [-0.05, 0) is 94.4 Å². The van der Waals surface area contributed by atoms with Crippen molar-refractivity contribution in [1.82, 2.24) is 14.5 Å². The highest BCUT2D eigenvalue weighted by molar-refractivity contribution is 6.14. The summed E-state index contributed by atoms with van der Waals surface area (Å²) >= 11 is 0. The Labute approximate surface area is 319 Å². The van der Waals surface area contributed by atoms with Crippen LogP contribution in [-0.2, 0) is 5.41 Å². The fourth-order valence-corrected chi connectivity index (χ4v) is 7.64. The molecule has 6 aromatic carbocycles. The molecular weight excluding hydrogens is 678 g/mol. The Hall–Kier alpha value is -6.85. The Morgan fingerprint density at radius 1 is 0.527 bits per heavy atom. The highest BCUT2D eigenvalue weighted by Crippen LogP contribution is 2.43. The molecule has 0 radical (unpaired) electrons. The lowest BCUT2D eigenvalue weighted by atomic mass is 9.87. The summed E-state index contributed by atoms with van der Waals surface area (Å²) in [7, 11) is 0. The average molecular weight is 716 g/mol. The van der Waals surface area contributed by atoms with Gasteiger partial charge >= 0.3 is 0 Å². The van der Waals surface area contributed by atoms with E-state index < -0.39 is 0 Å². The number of aromatic hydroxyl groups is 1. The number of hydrogen-bond acceptors (Lipinski definition) is 3. The molecule has 0 amide bonds. The maximum Gasteiger partial charge on any atom is 0.125 e. The lowest BCUT2D eigenvalue weighted by molar-refractivity contribution is 0.477. The van der Waals surface area contributed by atoms with Crippen LogP contribution in [0.2, 0.25) is 0 Å². The molecule has 0 fully saturated rings. The van der Waals surface area contributed by atoms with Gasteiger partial charge in [-0.25, -0.2) is 9.37 Å². The molecule has 4 nitrogen and oxygen atoms in total. The van der Waals surface area contributed by atoms with Gasteiger partial charge < -0.3 is 9.67 Å². The molecule has 0 unspecified atom stereocenters. The molecule has 0 bridgehead atoms. The molecule has 0 aliphatic heterocycles. The normalized spacial score (nSPS) is 11.7. The van der Waals surface area contributed by atoms with Crippen molar-refractivity contribution in [2.24, 2.45) is 0 Å². The first kappa shape index (κ1) is 34.0. The predicted molar refractivity (Wildman–Crippen MR) is 224 cm³/mol. The minimum absolute atomic E-state index is 0.0128. The second-order valence-electron chi connectivity index (χ2n) is 15.0. The van der Waals surface area contributed by atoms with Crippen LogP contribution in [0.5, 0.6) is 5.75 Å². The number of benzene rings is 6. The van der Waals surface area contributed by atoms with Crippen LogP contribution in [-0.4, -0.2) is 19.6 Å². The molecule has 0 aliphatic carbocycles. The van der Waals surface area contributed by atoms with E-state index in [0.717, 1.165) is 72.3 Å². The van der Waals surface area contributed by atoms with Gasteiger partial charge in [0, 0.05) is 44.9 Å². The molecule has 1 N–H and O–H groups in total. The number of aromatic nitrogens is 3. The maximum atomic E-state index is 14.8. The first-order valence-electron chi connectivity index (χ1n) is 18.5. The van der Waals surface area contributed by atoms with E-state index in [1.54, 1.807) is 18.2 Å². The summed E-state index contributed by atoms with van der Waals surface area (Å²) < 4.78 is 17.0. The van der Waals surface area contributed by atoms with Crippen molar-refractivity contribution >= 4 is 21.8 Å². The summed E-state index contributed by atoms with van der Waals surface area (Å²) in [5, 5.41) is 13.2. The predicted octanol–water partition coefficient (Wildman–Crippen LogP) is 13.1. The Morgan fingerprint density at radius 2 is 1.18 bits per heavy atom. The minimum Gasteiger partial charge on any atom is -0.507 e. The lowest BCUT2D eigenvalue weighted by Crippen LogP contribution is -2.11. The Kier molecular flexibility index (Phi) is 8.35. The van der Waals surface area contributed by atoms with E-state index in [2.05, 4.69) is 122 Å². The average Bonchev–Trinajstić information content (AvgIpc) is 3.55. The summed E-state index contributed by atoms with van der Waals surface area (Å²) in [5.41, 5.74) is 12.8. The smallest absolute Gasteiger partial charge is 0.125 e. The van der Waals surface area contributed by atoms with Crippen LogP contribution in [0.25, 0.3) is 83.5 Å². The molecule has 55 heavy (non-hydrogen) atoms. The zero-order chi connectivity index (χ0) is 37.7. The van der Waals surface area contributed by atoms with Crippen molar-refractivity contribution in [1.29, 1.82) is 0 Å². The van der Waals surface area contributed by atoms with Crippen molar-refractivity contribution in [3.05, 3.63) is 181 Å². The third-order valence-corrected chi connectivity index (χ3v) is 10.4. The lowest BCUT2D eigenvalue weighted by Gasteiger charge is -2.19. The number of pyridine rings is 2. The van der Waals surface area contributed by atoms with E-state index in [9.17, 15) is 9.50 Å². The topological polar surface area (TPSA) is 50.9 Å². The first-order chi connectivity index (χ1) is 26.7. The monoisotopic (exact) mass is 715 g/mol. The standard InChI is InChI=1S/C50H38FN3O/c1-50(2,3)35-25-26-52-44(30-35)32-13-10-14-33(27-32)45-28-34(29-46(53-45)43-20-7-9-24-48(43)55)38-17-4-5-18-39(38)41-21-12-22-42-40-19-6-8-23-47(40)54(49(41)42)37-16-11-15-36(51)31-37/h4-31,55H,1-3H3. The zero-order valence-corrected chi connectivity index (χ0v) is 30.8. The first-order valence-corrected chi connectivity index (χ1v) is 18.5. The van der Waals surface area contributed by atoms with E-state index in [-0.39, 0.29) is 17.0 Å². The van der Waals surface area contributed by atoms with Crippen LogP contribution < -0.4 is 0 Å². The number of rotatable bonds is 6. The van der Waals surface area contributed by atoms with Gasteiger partial charge in [-0.2, -0.15) is 0 Å². The van der Waals surface area contributed by atoms with Crippen LogP contribution in [0.1, 0.15) is 26.3 Å². The van der Waals surface area contributed by atoms with Crippen molar-refractivity contribution < 1.29 is 9.50 Å². The number of halogens is 1. The molecule has 5 heteroatoms. The molecule has 0 aliphatic rings. The highest BCUT2D eigenvalue weighted by Gasteiger charge is 2.20. The van der Waals surface area contributed by atoms with Crippen LogP contribution in [0.3, 0.4) is 0 Å². The van der Waals surface area contributed by atoms with Gasteiger partial charge in [0.1, 0.15) is 11.6 Å². The second kappa shape index (κ2) is 13.5. The summed E-state index contributed by atoms with van der Waals surface area (Å²) in [5.74, 6) is -0.128. The highest BCUT2D eigenvalue weighted by atomic mass is 19.1. The number of fused-ring (bicyclic) bond motifs is 3. The van der Waals surface area contributed by atoms with Crippen molar-refractivity contribution in [3.63, 3.8) is 0 Å². The molecule has 0 saturated carbocycles. The zero-order valence-electron chi connectivity index (χ0n) is 30.8. The molecule has 266 valence electrons. The quantitative estimate of drug-likeness (QED) is 0.186. The van der Waals surface area contributed by atoms with Crippen molar-refractivity contribution in [2.75, 3.05) is 0 Å². The molecule has 0 atom stereocenters. The van der Waals surface area contributed by atoms with Gasteiger partial charge in [0.2, 0.25) is 0 Å². The third kappa shape index (κ3) is 6.24. The fraction of sp³-hybridized carbons (Fsp3) is 0.0800. The number of phenolic OH excluding ortho intramolecular Hbond substituents is 1. The van der Waals surface area contributed by atoms with Crippen molar-refractivity contribution in [3.8, 4) is 67.5 Å². The van der Waals surface area contributed by atoms with E-state index in [4.69, 9.17) is 9.97 Å². The number of hydrogen-bond donors (Lipinski definition) is 1. The Morgan fingerprint density at radius 3 is 1.98 bits per heavy atom. The van der Waals surface area contributed by atoms with Crippen LogP contribution >= 0.6 is 0 Å².